The van der Waals surface area contributed by atoms with E-state index in [0.717, 1.165) is 26.1 Å². The summed E-state index contributed by atoms with van der Waals surface area (Å²) in [5.74, 6) is 0.754. The van der Waals surface area contributed by atoms with Gasteiger partial charge in [-0.1, -0.05) is 6.92 Å². The summed E-state index contributed by atoms with van der Waals surface area (Å²) in [6.07, 6.45) is 0.914. The molecule has 0 saturated carbocycles. The Labute approximate surface area is 116 Å². The molecule has 0 spiro atoms. The Morgan fingerprint density at radius 2 is 2.30 bits per heavy atom. The van der Waals surface area contributed by atoms with Crippen LogP contribution in [0.3, 0.4) is 0 Å². The molecule has 7 heteroatoms. The lowest BCUT2D eigenvalue weighted by Crippen LogP contribution is -2.39. The highest BCUT2D eigenvalue weighted by atomic mass is 16.6. The van der Waals surface area contributed by atoms with Gasteiger partial charge < -0.3 is 20.3 Å². The van der Waals surface area contributed by atoms with Gasteiger partial charge >= 0.3 is 5.82 Å². The Balaban J connectivity index is 1.81. The molecule has 3 heterocycles. The second-order valence-electron chi connectivity index (χ2n) is 5.53. The van der Waals surface area contributed by atoms with Crippen molar-refractivity contribution in [2.24, 2.45) is 11.8 Å². The number of amides is 1. The number of fused-ring (bicyclic) bond motifs is 1. The summed E-state index contributed by atoms with van der Waals surface area (Å²) in [5.41, 5.74) is 0.308. The van der Waals surface area contributed by atoms with Crippen LogP contribution in [0.25, 0.3) is 0 Å². The highest BCUT2D eigenvalue weighted by molar-refractivity contribution is 5.93. The lowest BCUT2D eigenvalue weighted by atomic mass is 9.93. The highest BCUT2D eigenvalue weighted by Crippen LogP contribution is 2.35. The minimum Gasteiger partial charge on any atom is -0.358 e. The third kappa shape index (κ3) is 1.98. The van der Waals surface area contributed by atoms with Crippen molar-refractivity contribution in [3.05, 3.63) is 27.9 Å². The van der Waals surface area contributed by atoms with Gasteiger partial charge in [0.1, 0.15) is 0 Å². The zero-order chi connectivity index (χ0) is 14.3. The number of aromatic nitrogens is 1. The number of nitrogens with one attached hydrogen (secondary N) is 2. The fraction of sp³-hybridized carbons (Fsp3) is 0.615. The van der Waals surface area contributed by atoms with E-state index < -0.39 is 4.92 Å². The molecule has 1 amide bonds. The van der Waals surface area contributed by atoms with Crippen LogP contribution in [0.2, 0.25) is 0 Å². The fourth-order valence-electron chi connectivity index (χ4n) is 3.55. The van der Waals surface area contributed by atoms with E-state index in [4.69, 9.17) is 0 Å². The molecule has 0 bridgehead atoms. The lowest BCUT2D eigenvalue weighted by molar-refractivity contribution is -0.389. The summed E-state index contributed by atoms with van der Waals surface area (Å²) in [6.45, 7) is 4.73. The number of aromatic amines is 1. The Morgan fingerprint density at radius 1 is 1.50 bits per heavy atom. The molecule has 2 saturated heterocycles. The van der Waals surface area contributed by atoms with Gasteiger partial charge in [-0.2, -0.15) is 0 Å². The summed E-state index contributed by atoms with van der Waals surface area (Å²) in [5, 5.41) is 14.1. The van der Waals surface area contributed by atoms with Crippen molar-refractivity contribution in [1.82, 2.24) is 15.2 Å². The predicted molar refractivity (Wildman–Crippen MR) is 72.4 cm³/mol. The van der Waals surface area contributed by atoms with Crippen molar-refractivity contribution >= 4 is 11.7 Å². The molecule has 3 unspecified atom stereocenters. The van der Waals surface area contributed by atoms with Crippen LogP contribution in [-0.4, -0.2) is 46.4 Å². The summed E-state index contributed by atoms with van der Waals surface area (Å²) in [4.78, 5) is 27.2. The maximum absolute atomic E-state index is 12.5. The van der Waals surface area contributed by atoms with Gasteiger partial charge in [-0.3, -0.25) is 4.79 Å². The molecule has 3 atom stereocenters. The van der Waals surface area contributed by atoms with E-state index >= 15 is 0 Å². The second-order valence-corrected chi connectivity index (χ2v) is 5.53. The van der Waals surface area contributed by atoms with Crippen molar-refractivity contribution in [2.45, 2.75) is 19.4 Å². The molecule has 3 rings (SSSR count). The predicted octanol–water partition coefficient (Wildman–Crippen LogP) is 0.993. The van der Waals surface area contributed by atoms with Gasteiger partial charge in [0.05, 0.1) is 0 Å². The topological polar surface area (TPSA) is 91.3 Å². The van der Waals surface area contributed by atoms with Gasteiger partial charge in [0.2, 0.25) is 0 Å². The van der Waals surface area contributed by atoms with Crippen molar-refractivity contribution in [3.63, 3.8) is 0 Å². The van der Waals surface area contributed by atoms with Crippen LogP contribution in [0.4, 0.5) is 5.82 Å². The van der Waals surface area contributed by atoms with E-state index in [9.17, 15) is 14.9 Å². The maximum Gasteiger partial charge on any atom is 0.321 e. The van der Waals surface area contributed by atoms with Crippen LogP contribution in [0.5, 0.6) is 0 Å². The Hall–Kier alpha value is -1.89. The van der Waals surface area contributed by atoms with Crippen LogP contribution in [0, 0.1) is 22.0 Å². The average molecular weight is 278 g/mol. The first-order chi connectivity index (χ1) is 9.61. The van der Waals surface area contributed by atoms with Crippen LogP contribution in [0.1, 0.15) is 23.8 Å². The van der Waals surface area contributed by atoms with Crippen LogP contribution in [-0.2, 0) is 0 Å². The Kier molecular flexibility index (Phi) is 3.21. The van der Waals surface area contributed by atoms with Gasteiger partial charge in [0.15, 0.2) is 5.69 Å². The van der Waals surface area contributed by atoms with Gasteiger partial charge in [-0.05, 0) is 29.2 Å². The monoisotopic (exact) mass is 278 g/mol. The molecular formula is C13H18N4O3. The summed E-state index contributed by atoms with van der Waals surface area (Å²) in [6, 6.07) is 3.07. The maximum atomic E-state index is 12.5. The number of H-pyrrole nitrogens is 1. The summed E-state index contributed by atoms with van der Waals surface area (Å²) in [7, 11) is 0. The smallest absolute Gasteiger partial charge is 0.321 e. The van der Waals surface area contributed by atoms with E-state index in [0.29, 0.717) is 17.5 Å². The Morgan fingerprint density at radius 3 is 2.95 bits per heavy atom. The zero-order valence-corrected chi connectivity index (χ0v) is 11.3. The lowest BCUT2D eigenvalue weighted by Gasteiger charge is -2.25. The number of hydrogen-bond donors (Lipinski definition) is 2. The quantitative estimate of drug-likeness (QED) is 0.637. The van der Waals surface area contributed by atoms with E-state index in [-0.39, 0.29) is 17.8 Å². The van der Waals surface area contributed by atoms with E-state index in [1.54, 1.807) is 0 Å². The number of nitro groups is 1. The van der Waals surface area contributed by atoms with Crippen LogP contribution >= 0.6 is 0 Å². The van der Waals surface area contributed by atoms with Crippen molar-refractivity contribution in [2.75, 3.05) is 19.6 Å². The Bertz CT molecular complexity index is 541. The molecule has 1 aromatic rings. The van der Waals surface area contributed by atoms with Crippen LogP contribution in [0.15, 0.2) is 12.1 Å². The first-order valence-electron chi connectivity index (χ1n) is 6.97. The largest absolute Gasteiger partial charge is 0.358 e. The molecule has 2 fully saturated rings. The first-order valence-corrected chi connectivity index (χ1v) is 6.97. The molecule has 20 heavy (non-hydrogen) atoms. The number of hydrogen-bond acceptors (Lipinski definition) is 4. The number of nitrogens with zero attached hydrogens (tertiary/aromatic N) is 2. The molecule has 108 valence electrons. The van der Waals surface area contributed by atoms with E-state index in [1.807, 2.05) is 4.90 Å². The number of carbonyl (C=O) groups excluding carboxylic acids is 1. The van der Waals surface area contributed by atoms with E-state index in [1.165, 1.54) is 12.1 Å². The van der Waals surface area contributed by atoms with Crippen LogP contribution < -0.4 is 5.32 Å². The standard InChI is InChI=1S/C13H18N4O3/c1-2-11-9-6-14-5-8(9)7-16(11)13(18)10-3-4-12(15-10)17(19)20/h3-4,8-9,11,14-15H,2,5-7H2,1H3. The molecule has 2 aliphatic heterocycles. The third-order valence-electron chi connectivity index (χ3n) is 4.49. The summed E-state index contributed by atoms with van der Waals surface area (Å²) < 4.78 is 0. The van der Waals surface area contributed by atoms with Gasteiger partial charge in [-0.25, -0.2) is 4.98 Å². The molecule has 1 aromatic heterocycles. The number of rotatable bonds is 3. The zero-order valence-electron chi connectivity index (χ0n) is 11.3. The highest BCUT2D eigenvalue weighted by Gasteiger charge is 2.45. The first kappa shape index (κ1) is 13.1. The van der Waals surface area contributed by atoms with Gasteiger partial charge in [0.25, 0.3) is 5.91 Å². The molecule has 0 aromatic carbocycles. The van der Waals surface area contributed by atoms with E-state index in [2.05, 4.69) is 17.2 Å². The summed E-state index contributed by atoms with van der Waals surface area (Å²) >= 11 is 0. The third-order valence-corrected chi connectivity index (χ3v) is 4.49. The fourth-order valence-corrected chi connectivity index (χ4v) is 3.55. The molecule has 0 aliphatic carbocycles. The van der Waals surface area contributed by atoms with Crippen molar-refractivity contribution in [1.29, 1.82) is 0 Å². The number of carbonyl (C=O) groups is 1. The molecule has 2 N–H and O–H groups in total. The second kappa shape index (κ2) is 4.90. The van der Waals surface area contributed by atoms with Gasteiger partial charge in [-0.15, -0.1) is 0 Å². The minimum absolute atomic E-state index is 0.126. The van der Waals surface area contributed by atoms with Gasteiger partial charge in [0, 0.05) is 31.7 Å². The normalized spacial score (nSPS) is 28.6. The molecule has 2 aliphatic rings. The molecule has 0 radical (unpaired) electrons. The van der Waals surface area contributed by atoms with Crippen molar-refractivity contribution < 1.29 is 9.72 Å². The van der Waals surface area contributed by atoms with Crippen molar-refractivity contribution in [3.8, 4) is 0 Å². The molecular weight excluding hydrogens is 260 g/mol. The SMILES string of the molecule is CCC1C2CNCC2CN1C(=O)c1ccc([N+](=O)[O-])[nH]1. The number of likely N-dealkylation sites (tertiary alicyclic amines) is 1. The average Bonchev–Trinajstić information content (AvgIpc) is 3.12. The molecule has 7 nitrogen and oxygen atoms in total. The minimum atomic E-state index is -0.517.